The van der Waals surface area contributed by atoms with Crippen LogP contribution in [-0.2, 0) is 10.2 Å². The molecule has 2 aromatic rings. The average Bonchev–Trinajstić information content (AvgIpc) is 3.25. The second kappa shape index (κ2) is 11.1. The van der Waals surface area contributed by atoms with Crippen molar-refractivity contribution in [2.24, 2.45) is 10.9 Å². The van der Waals surface area contributed by atoms with Crippen LogP contribution in [0.5, 0.6) is 0 Å². The molecule has 0 N–H and O–H groups in total. The zero-order valence-electron chi connectivity index (χ0n) is 22.9. The molecule has 2 aliphatic heterocycles. The minimum absolute atomic E-state index is 0.123. The molecule has 2 aromatic carbocycles. The second-order valence-electron chi connectivity index (χ2n) is 11.7. The number of aliphatic imine (C=N–C) groups is 1. The van der Waals surface area contributed by atoms with Crippen molar-refractivity contribution >= 4 is 47.1 Å². The van der Waals surface area contributed by atoms with Gasteiger partial charge in [-0.05, 0) is 68.4 Å². The van der Waals surface area contributed by atoms with E-state index >= 15 is 0 Å². The van der Waals surface area contributed by atoms with Gasteiger partial charge in [0, 0.05) is 50.9 Å². The van der Waals surface area contributed by atoms with Crippen LogP contribution in [0.2, 0.25) is 5.02 Å². The molecular formula is C32H39ClN4O2. The number of nitrogens with zero attached hydrogens (tertiary/aromatic N) is 4. The molecule has 39 heavy (non-hydrogen) atoms. The van der Waals surface area contributed by atoms with Gasteiger partial charge in [0.05, 0.1) is 27.4 Å². The molecule has 1 spiro atoms. The van der Waals surface area contributed by atoms with Crippen molar-refractivity contribution in [3.05, 3.63) is 52.5 Å². The van der Waals surface area contributed by atoms with Gasteiger partial charge in [-0.25, -0.2) is 0 Å². The second-order valence-corrected chi connectivity index (χ2v) is 12.2. The Balaban J connectivity index is 1.32. The number of amidine groups is 1. The summed E-state index contributed by atoms with van der Waals surface area (Å²) in [4.78, 5) is 35.6. The van der Waals surface area contributed by atoms with Crippen LogP contribution >= 0.6 is 11.6 Å². The Kier molecular flexibility index (Phi) is 7.52. The summed E-state index contributed by atoms with van der Waals surface area (Å²) >= 11 is 6.52. The Bertz CT molecular complexity index is 1250. The number of carbonyl (C=O) groups excluding carboxylic acids is 2. The normalized spacial score (nSPS) is 26.2. The number of benzene rings is 2. The highest BCUT2D eigenvalue weighted by atomic mass is 35.5. The molecule has 206 valence electrons. The van der Waals surface area contributed by atoms with Crippen LogP contribution < -0.4 is 9.80 Å². The number of aldehydes is 2. The summed E-state index contributed by atoms with van der Waals surface area (Å²) in [5, 5.41) is 0.471. The van der Waals surface area contributed by atoms with Crippen LogP contribution in [0.1, 0.15) is 73.7 Å². The summed E-state index contributed by atoms with van der Waals surface area (Å²) in [5.41, 5.74) is 4.89. The summed E-state index contributed by atoms with van der Waals surface area (Å²) in [6.45, 7) is 4.07. The standard InChI is InChI=1S/C32H39ClN4O2/c1-34-31-32(14-3-2-4-15-32)27-13-12-25(20-30(27)37(31)29-7-5-6-28(33)26(29)22-39)36-18-16-35(17-19-36)24-10-8-23(21-38)9-11-24/h5-7,12-13,20-24H,2-4,8-11,14-19H2,1H3. The molecule has 0 atom stereocenters. The first-order chi connectivity index (χ1) is 19.1. The van der Waals surface area contributed by atoms with E-state index in [9.17, 15) is 9.59 Å². The SMILES string of the molecule is CN=C1N(c2cccc(Cl)c2C=O)c2cc(N3CCN(C4CCC(C=O)CC4)CC3)ccc2C12CCCCC2. The fourth-order valence-electron chi connectivity index (χ4n) is 7.75. The molecule has 6 nitrogen and oxygen atoms in total. The third kappa shape index (κ3) is 4.59. The van der Waals surface area contributed by atoms with E-state index in [0.717, 1.165) is 94.5 Å². The van der Waals surface area contributed by atoms with E-state index in [1.807, 2.05) is 19.2 Å². The Morgan fingerprint density at radius 2 is 1.67 bits per heavy atom. The Labute approximate surface area is 237 Å². The van der Waals surface area contributed by atoms with E-state index in [1.54, 1.807) is 6.07 Å². The van der Waals surface area contributed by atoms with Crippen molar-refractivity contribution in [1.29, 1.82) is 0 Å². The van der Waals surface area contributed by atoms with Crippen LogP contribution in [0.3, 0.4) is 0 Å². The molecular weight excluding hydrogens is 508 g/mol. The average molecular weight is 547 g/mol. The van der Waals surface area contributed by atoms with Crippen molar-refractivity contribution in [1.82, 2.24) is 4.90 Å². The fourth-order valence-corrected chi connectivity index (χ4v) is 7.96. The van der Waals surface area contributed by atoms with Gasteiger partial charge in [0.1, 0.15) is 12.1 Å². The molecule has 2 aliphatic carbocycles. The lowest BCUT2D eigenvalue weighted by Crippen LogP contribution is -2.51. The molecule has 6 rings (SSSR count). The van der Waals surface area contributed by atoms with Gasteiger partial charge in [-0.1, -0.05) is 43.0 Å². The highest BCUT2D eigenvalue weighted by Crippen LogP contribution is 2.54. The van der Waals surface area contributed by atoms with Crippen LogP contribution in [0.25, 0.3) is 0 Å². The lowest BCUT2D eigenvalue weighted by Gasteiger charge is -2.42. The number of fused-ring (bicyclic) bond motifs is 2. The maximum atomic E-state index is 12.2. The van der Waals surface area contributed by atoms with Gasteiger partial charge in [0.2, 0.25) is 0 Å². The lowest BCUT2D eigenvalue weighted by molar-refractivity contribution is -0.112. The minimum atomic E-state index is -0.123. The molecule has 1 saturated heterocycles. The van der Waals surface area contributed by atoms with Crippen LogP contribution in [0.15, 0.2) is 41.4 Å². The van der Waals surface area contributed by atoms with E-state index in [-0.39, 0.29) is 11.3 Å². The first kappa shape index (κ1) is 26.5. The van der Waals surface area contributed by atoms with Gasteiger partial charge in [-0.3, -0.25) is 19.6 Å². The van der Waals surface area contributed by atoms with Gasteiger partial charge in [0.25, 0.3) is 0 Å². The van der Waals surface area contributed by atoms with Crippen molar-refractivity contribution in [2.45, 2.75) is 69.2 Å². The number of carbonyl (C=O) groups is 2. The quantitative estimate of drug-likeness (QED) is 0.405. The van der Waals surface area contributed by atoms with Gasteiger partial charge in [-0.2, -0.15) is 0 Å². The van der Waals surface area contributed by atoms with E-state index in [0.29, 0.717) is 16.6 Å². The van der Waals surface area contributed by atoms with Crippen molar-refractivity contribution in [2.75, 3.05) is 43.0 Å². The third-order valence-electron chi connectivity index (χ3n) is 9.81. The summed E-state index contributed by atoms with van der Waals surface area (Å²) < 4.78 is 0. The summed E-state index contributed by atoms with van der Waals surface area (Å²) in [7, 11) is 1.89. The predicted molar refractivity (Wildman–Crippen MR) is 159 cm³/mol. The summed E-state index contributed by atoms with van der Waals surface area (Å²) in [6, 6.07) is 13.3. The maximum Gasteiger partial charge on any atom is 0.153 e. The van der Waals surface area contributed by atoms with Gasteiger partial charge in [0.15, 0.2) is 6.29 Å². The van der Waals surface area contributed by atoms with Crippen LogP contribution in [0.4, 0.5) is 17.1 Å². The Morgan fingerprint density at radius 1 is 0.923 bits per heavy atom. The van der Waals surface area contributed by atoms with E-state index < -0.39 is 0 Å². The monoisotopic (exact) mass is 546 g/mol. The number of anilines is 3. The van der Waals surface area contributed by atoms with Gasteiger partial charge >= 0.3 is 0 Å². The van der Waals surface area contributed by atoms with E-state index in [4.69, 9.17) is 16.6 Å². The number of halogens is 1. The molecule has 7 heteroatoms. The molecule has 0 bridgehead atoms. The highest BCUT2D eigenvalue weighted by molar-refractivity contribution is 6.34. The van der Waals surface area contributed by atoms with Crippen LogP contribution in [-0.4, -0.2) is 62.6 Å². The maximum absolute atomic E-state index is 12.2. The molecule has 0 amide bonds. The first-order valence-corrected chi connectivity index (χ1v) is 15.1. The number of piperazine rings is 1. The molecule has 2 heterocycles. The van der Waals surface area contributed by atoms with E-state index in [1.165, 1.54) is 30.5 Å². The molecule has 0 radical (unpaired) electrons. The largest absolute Gasteiger partial charge is 0.369 e. The number of rotatable bonds is 5. The Hall–Kier alpha value is -2.70. The highest BCUT2D eigenvalue weighted by Gasteiger charge is 2.50. The zero-order valence-corrected chi connectivity index (χ0v) is 23.7. The summed E-state index contributed by atoms with van der Waals surface area (Å²) in [5.74, 6) is 1.30. The Morgan fingerprint density at radius 3 is 2.33 bits per heavy atom. The molecule has 4 aliphatic rings. The smallest absolute Gasteiger partial charge is 0.153 e. The number of hydrogen-bond acceptors (Lipinski definition) is 5. The minimum Gasteiger partial charge on any atom is -0.369 e. The predicted octanol–water partition coefficient (Wildman–Crippen LogP) is 6.41. The molecule has 3 fully saturated rings. The van der Waals surface area contributed by atoms with Gasteiger partial charge in [-0.15, -0.1) is 0 Å². The van der Waals surface area contributed by atoms with Crippen LogP contribution in [0, 0.1) is 5.92 Å². The fraction of sp³-hybridized carbons (Fsp3) is 0.531. The summed E-state index contributed by atoms with van der Waals surface area (Å²) in [6.07, 6.45) is 12.1. The zero-order chi connectivity index (χ0) is 27.0. The molecule has 0 aromatic heterocycles. The first-order valence-electron chi connectivity index (χ1n) is 14.7. The van der Waals surface area contributed by atoms with Crippen molar-refractivity contribution < 1.29 is 9.59 Å². The topological polar surface area (TPSA) is 56.2 Å². The van der Waals surface area contributed by atoms with Gasteiger partial charge < -0.3 is 9.69 Å². The van der Waals surface area contributed by atoms with Crippen molar-refractivity contribution in [3.63, 3.8) is 0 Å². The third-order valence-corrected chi connectivity index (χ3v) is 10.1. The number of hydrogen-bond donors (Lipinski definition) is 0. The van der Waals surface area contributed by atoms with E-state index in [2.05, 4.69) is 32.9 Å². The lowest BCUT2D eigenvalue weighted by atomic mass is 9.70. The molecule has 2 saturated carbocycles. The van der Waals surface area contributed by atoms with Crippen molar-refractivity contribution in [3.8, 4) is 0 Å². The molecule has 0 unspecified atom stereocenters.